The standard InChI is InChI=1S/C24H27BrN4OS/c1-17-9-5-8-14-21(17)26-22(30)16-31-24-28-27-23(19-12-6-7-13-20(19)25)29(24)15-18-10-3-2-4-11-18/h2-4,6-7,10-13,17,21H,5,8-9,14-16H2,1H3,(H,26,30)/t17-,21-/m0/s1. The van der Waals surface area contributed by atoms with Crippen molar-refractivity contribution in [1.82, 2.24) is 20.1 Å². The zero-order chi connectivity index (χ0) is 21.6. The first-order valence-electron chi connectivity index (χ1n) is 10.8. The summed E-state index contributed by atoms with van der Waals surface area (Å²) >= 11 is 5.08. The van der Waals surface area contributed by atoms with Crippen LogP contribution in [0.4, 0.5) is 0 Å². The topological polar surface area (TPSA) is 59.8 Å². The summed E-state index contributed by atoms with van der Waals surface area (Å²) in [6, 6.07) is 18.6. The highest BCUT2D eigenvalue weighted by Gasteiger charge is 2.23. The van der Waals surface area contributed by atoms with Gasteiger partial charge in [-0.15, -0.1) is 10.2 Å². The monoisotopic (exact) mass is 498 g/mol. The third-order valence-electron chi connectivity index (χ3n) is 5.81. The zero-order valence-corrected chi connectivity index (χ0v) is 20.0. The molecule has 1 saturated carbocycles. The number of nitrogens with zero attached hydrogens (tertiary/aromatic N) is 3. The summed E-state index contributed by atoms with van der Waals surface area (Å²) in [5.41, 5.74) is 2.15. The molecule has 0 spiro atoms. The number of carbonyl (C=O) groups is 1. The maximum atomic E-state index is 12.6. The molecule has 2 atom stereocenters. The fraction of sp³-hybridized carbons (Fsp3) is 0.375. The molecule has 0 aliphatic heterocycles. The summed E-state index contributed by atoms with van der Waals surface area (Å²) in [5.74, 6) is 1.75. The molecule has 0 saturated heterocycles. The van der Waals surface area contributed by atoms with E-state index in [4.69, 9.17) is 0 Å². The lowest BCUT2D eigenvalue weighted by atomic mass is 9.86. The molecule has 1 fully saturated rings. The van der Waals surface area contributed by atoms with Gasteiger partial charge in [0.25, 0.3) is 0 Å². The molecule has 1 N–H and O–H groups in total. The molecule has 1 aromatic heterocycles. The average Bonchev–Trinajstić information content (AvgIpc) is 3.17. The van der Waals surface area contributed by atoms with Crippen molar-refractivity contribution in [2.45, 2.75) is 50.4 Å². The van der Waals surface area contributed by atoms with Crippen molar-refractivity contribution in [2.24, 2.45) is 5.92 Å². The minimum atomic E-state index is 0.0699. The summed E-state index contributed by atoms with van der Waals surface area (Å²) in [7, 11) is 0. The SMILES string of the molecule is C[C@H]1CCCC[C@@H]1NC(=O)CSc1nnc(-c2ccccc2Br)n1Cc1ccccc1. The molecule has 31 heavy (non-hydrogen) atoms. The number of carbonyl (C=O) groups excluding carboxylic acids is 1. The van der Waals surface area contributed by atoms with Crippen molar-refractivity contribution in [3.63, 3.8) is 0 Å². The Morgan fingerprint density at radius 3 is 2.61 bits per heavy atom. The third kappa shape index (κ3) is 5.57. The Morgan fingerprint density at radius 1 is 1.10 bits per heavy atom. The maximum Gasteiger partial charge on any atom is 0.230 e. The zero-order valence-electron chi connectivity index (χ0n) is 17.6. The molecule has 1 amide bonds. The second-order valence-corrected chi connectivity index (χ2v) is 9.88. The van der Waals surface area contributed by atoms with Crippen LogP contribution in [0.3, 0.4) is 0 Å². The molecule has 1 aliphatic carbocycles. The van der Waals surface area contributed by atoms with Gasteiger partial charge in [0.05, 0.1) is 12.3 Å². The second-order valence-electron chi connectivity index (χ2n) is 8.08. The van der Waals surface area contributed by atoms with E-state index in [1.807, 2.05) is 42.5 Å². The van der Waals surface area contributed by atoms with Crippen LogP contribution in [0.15, 0.2) is 64.2 Å². The Kier molecular flexibility index (Phi) is 7.45. The quantitative estimate of drug-likeness (QED) is 0.434. The highest BCUT2D eigenvalue weighted by Crippen LogP contribution is 2.30. The molecule has 4 rings (SSSR count). The summed E-state index contributed by atoms with van der Waals surface area (Å²) in [6.07, 6.45) is 4.73. The van der Waals surface area contributed by atoms with E-state index in [0.717, 1.165) is 33.0 Å². The number of rotatable bonds is 7. The number of halogens is 1. The largest absolute Gasteiger partial charge is 0.352 e. The lowest BCUT2D eigenvalue weighted by molar-refractivity contribution is -0.119. The van der Waals surface area contributed by atoms with Gasteiger partial charge in [0, 0.05) is 16.1 Å². The minimum Gasteiger partial charge on any atom is -0.352 e. The molecule has 162 valence electrons. The Labute approximate surface area is 196 Å². The van der Waals surface area contributed by atoms with Crippen LogP contribution < -0.4 is 5.32 Å². The second kappa shape index (κ2) is 10.5. The predicted molar refractivity (Wildman–Crippen MR) is 129 cm³/mol. The summed E-state index contributed by atoms with van der Waals surface area (Å²) in [6.45, 7) is 2.88. The van der Waals surface area contributed by atoms with Gasteiger partial charge < -0.3 is 5.32 Å². The molecular formula is C24H27BrN4OS. The lowest BCUT2D eigenvalue weighted by Crippen LogP contribution is -2.41. The van der Waals surface area contributed by atoms with Crippen molar-refractivity contribution in [1.29, 1.82) is 0 Å². The Hall–Kier alpha value is -2.12. The van der Waals surface area contributed by atoms with Crippen molar-refractivity contribution in [2.75, 3.05) is 5.75 Å². The van der Waals surface area contributed by atoms with Gasteiger partial charge in [-0.2, -0.15) is 0 Å². The Bertz CT molecular complexity index is 1020. The van der Waals surface area contributed by atoms with Crippen molar-refractivity contribution in [3.8, 4) is 11.4 Å². The van der Waals surface area contributed by atoms with E-state index in [0.29, 0.717) is 24.3 Å². The summed E-state index contributed by atoms with van der Waals surface area (Å²) < 4.78 is 3.06. The maximum absolute atomic E-state index is 12.6. The van der Waals surface area contributed by atoms with Crippen molar-refractivity contribution in [3.05, 3.63) is 64.6 Å². The van der Waals surface area contributed by atoms with Crippen LogP contribution in [-0.4, -0.2) is 32.5 Å². The van der Waals surface area contributed by atoms with Gasteiger partial charge in [0.1, 0.15) is 0 Å². The smallest absolute Gasteiger partial charge is 0.230 e. The molecule has 3 aromatic rings. The van der Waals surface area contributed by atoms with E-state index in [1.165, 1.54) is 31.0 Å². The van der Waals surface area contributed by atoms with Crippen molar-refractivity contribution < 1.29 is 4.79 Å². The normalized spacial score (nSPS) is 18.6. The third-order valence-corrected chi connectivity index (χ3v) is 7.46. The molecule has 7 heteroatoms. The molecule has 1 aliphatic rings. The molecule has 2 aromatic carbocycles. The first-order valence-corrected chi connectivity index (χ1v) is 12.5. The fourth-order valence-electron chi connectivity index (χ4n) is 4.06. The van der Waals surface area contributed by atoms with Gasteiger partial charge in [-0.05, 0) is 30.4 Å². The van der Waals surface area contributed by atoms with E-state index in [1.54, 1.807) is 0 Å². The first-order chi connectivity index (χ1) is 15.1. The number of benzene rings is 2. The summed E-state index contributed by atoms with van der Waals surface area (Å²) in [5, 5.41) is 12.9. The summed E-state index contributed by atoms with van der Waals surface area (Å²) in [4.78, 5) is 12.6. The Morgan fingerprint density at radius 2 is 1.84 bits per heavy atom. The van der Waals surface area contributed by atoms with Crippen LogP contribution in [0.5, 0.6) is 0 Å². The molecule has 0 bridgehead atoms. The molecule has 0 radical (unpaired) electrons. The highest BCUT2D eigenvalue weighted by atomic mass is 79.9. The van der Waals surface area contributed by atoms with E-state index in [2.05, 4.69) is 55.1 Å². The van der Waals surface area contributed by atoms with E-state index >= 15 is 0 Å². The van der Waals surface area contributed by atoms with Gasteiger partial charge in [0.15, 0.2) is 11.0 Å². The number of aromatic nitrogens is 3. The molecule has 1 heterocycles. The van der Waals surface area contributed by atoms with Crippen molar-refractivity contribution >= 4 is 33.6 Å². The van der Waals surface area contributed by atoms with Crippen LogP contribution in [0, 0.1) is 5.92 Å². The highest BCUT2D eigenvalue weighted by molar-refractivity contribution is 9.10. The number of thioether (sulfide) groups is 1. The van der Waals surface area contributed by atoms with Crippen LogP contribution in [-0.2, 0) is 11.3 Å². The molecule has 0 unspecified atom stereocenters. The number of amides is 1. The van der Waals surface area contributed by atoms with Crippen LogP contribution in [0.25, 0.3) is 11.4 Å². The minimum absolute atomic E-state index is 0.0699. The van der Waals surface area contributed by atoms with Gasteiger partial charge in [-0.25, -0.2) is 0 Å². The average molecular weight is 499 g/mol. The lowest BCUT2D eigenvalue weighted by Gasteiger charge is -2.29. The van der Waals surface area contributed by atoms with Gasteiger partial charge in [-0.3, -0.25) is 9.36 Å². The molecular weight excluding hydrogens is 472 g/mol. The van der Waals surface area contributed by atoms with Crippen LogP contribution in [0.1, 0.15) is 38.2 Å². The van der Waals surface area contributed by atoms with E-state index in [-0.39, 0.29) is 5.91 Å². The van der Waals surface area contributed by atoms with E-state index < -0.39 is 0 Å². The predicted octanol–water partition coefficient (Wildman–Crippen LogP) is 5.54. The number of nitrogens with one attached hydrogen (secondary N) is 1. The van der Waals surface area contributed by atoms with E-state index in [9.17, 15) is 4.79 Å². The fourth-order valence-corrected chi connectivity index (χ4v) is 5.27. The van der Waals surface area contributed by atoms with Crippen LogP contribution in [0.2, 0.25) is 0 Å². The van der Waals surface area contributed by atoms with Gasteiger partial charge in [-0.1, -0.05) is 96.0 Å². The first kappa shape index (κ1) is 22.1. The number of hydrogen-bond donors (Lipinski definition) is 1. The van der Waals surface area contributed by atoms with Crippen LogP contribution >= 0.6 is 27.7 Å². The van der Waals surface area contributed by atoms with Gasteiger partial charge >= 0.3 is 0 Å². The molecule has 5 nitrogen and oxygen atoms in total. The number of hydrogen-bond acceptors (Lipinski definition) is 4. The van der Waals surface area contributed by atoms with Gasteiger partial charge in [0.2, 0.25) is 5.91 Å². The Balaban J connectivity index is 1.53.